The van der Waals surface area contributed by atoms with Gasteiger partial charge in [-0.15, -0.1) is 0 Å². The molecular weight excluding hydrogens is 230 g/mol. The smallest absolute Gasteiger partial charge is 0.244 e. The van der Waals surface area contributed by atoms with Gasteiger partial charge < -0.3 is 11.5 Å². The average Bonchev–Trinajstić information content (AvgIpc) is 2.15. The molecule has 4 N–H and O–H groups in total. The number of nitrogens with two attached hydrogens (primary N) is 2. The highest BCUT2D eigenvalue weighted by molar-refractivity contribution is 6.09. The monoisotopic (exact) mass is 242 g/mol. The van der Waals surface area contributed by atoms with Crippen molar-refractivity contribution in [3.63, 3.8) is 0 Å². The Morgan fingerprint density at radius 1 is 1.24 bits per heavy atom. The number of halogens is 2. The SMILES string of the molecule is C[C@](N)(C(N)=O)C(=O)Cc1cc(F)cc(F)c1. The fraction of sp³-hybridized carbons (Fsp3) is 0.273. The van der Waals surface area contributed by atoms with Crippen LogP contribution in [0.5, 0.6) is 0 Å². The highest BCUT2D eigenvalue weighted by Gasteiger charge is 2.34. The van der Waals surface area contributed by atoms with E-state index >= 15 is 0 Å². The van der Waals surface area contributed by atoms with Gasteiger partial charge >= 0.3 is 0 Å². The van der Waals surface area contributed by atoms with Crippen molar-refractivity contribution < 1.29 is 18.4 Å². The molecule has 1 rings (SSSR count). The van der Waals surface area contributed by atoms with E-state index in [1.165, 1.54) is 0 Å². The predicted molar refractivity (Wildman–Crippen MR) is 56.9 cm³/mol. The molecule has 0 bridgehead atoms. The Hall–Kier alpha value is -1.82. The van der Waals surface area contributed by atoms with Crippen molar-refractivity contribution in [1.29, 1.82) is 0 Å². The van der Waals surface area contributed by atoms with Crippen LogP contribution in [-0.2, 0) is 16.0 Å². The van der Waals surface area contributed by atoms with Gasteiger partial charge in [-0.3, -0.25) is 9.59 Å². The summed E-state index contributed by atoms with van der Waals surface area (Å²) in [5.41, 5.74) is 8.62. The maximum atomic E-state index is 12.9. The zero-order valence-corrected chi connectivity index (χ0v) is 9.17. The van der Waals surface area contributed by atoms with Gasteiger partial charge in [0, 0.05) is 12.5 Å². The predicted octanol–water partition coefficient (Wildman–Crippen LogP) is 0.279. The second-order valence-corrected chi connectivity index (χ2v) is 3.94. The van der Waals surface area contributed by atoms with E-state index in [4.69, 9.17) is 11.5 Å². The van der Waals surface area contributed by atoms with Crippen LogP contribution in [0.1, 0.15) is 12.5 Å². The first-order valence-electron chi connectivity index (χ1n) is 4.80. The Balaban J connectivity index is 2.92. The standard InChI is InChI=1S/C11H12F2N2O2/c1-11(15,10(14)17)9(16)4-6-2-7(12)5-8(13)3-6/h2-3,5H,4,15H2,1H3,(H2,14,17)/t11-/m1/s1. The van der Waals surface area contributed by atoms with E-state index in [0.29, 0.717) is 6.07 Å². The summed E-state index contributed by atoms with van der Waals surface area (Å²) in [6.45, 7) is 1.16. The van der Waals surface area contributed by atoms with Gasteiger partial charge in [0.05, 0.1) is 0 Å². The zero-order chi connectivity index (χ0) is 13.2. The van der Waals surface area contributed by atoms with E-state index in [1.54, 1.807) is 0 Å². The van der Waals surface area contributed by atoms with Gasteiger partial charge in [0.15, 0.2) is 11.3 Å². The molecule has 0 saturated heterocycles. The molecule has 0 aliphatic carbocycles. The number of ketones is 1. The lowest BCUT2D eigenvalue weighted by molar-refractivity contribution is -0.132. The number of carbonyl (C=O) groups excluding carboxylic acids is 2. The van der Waals surface area contributed by atoms with Gasteiger partial charge in [-0.25, -0.2) is 8.78 Å². The van der Waals surface area contributed by atoms with Crippen LogP contribution in [0.3, 0.4) is 0 Å². The molecule has 0 heterocycles. The molecule has 0 unspecified atom stereocenters. The molecular formula is C11H12F2N2O2. The van der Waals surface area contributed by atoms with E-state index in [0.717, 1.165) is 19.1 Å². The molecule has 1 atom stereocenters. The molecule has 0 saturated carbocycles. The van der Waals surface area contributed by atoms with Crippen molar-refractivity contribution in [2.24, 2.45) is 11.5 Å². The Kier molecular flexibility index (Phi) is 3.57. The summed E-state index contributed by atoms with van der Waals surface area (Å²) in [4.78, 5) is 22.5. The number of primary amides is 1. The van der Waals surface area contributed by atoms with Crippen molar-refractivity contribution in [2.45, 2.75) is 18.9 Å². The fourth-order valence-electron chi connectivity index (χ4n) is 1.22. The van der Waals surface area contributed by atoms with Gasteiger partial charge in [-0.1, -0.05) is 0 Å². The summed E-state index contributed by atoms with van der Waals surface area (Å²) in [5.74, 6) is -3.29. The fourth-order valence-corrected chi connectivity index (χ4v) is 1.22. The quantitative estimate of drug-likeness (QED) is 0.743. The van der Waals surface area contributed by atoms with Gasteiger partial charge in [0.2, 0.25) is 5.91 Å². The molecule has 92 valence electrons. The number of amides is 1. The largest absolute Gasteiger partial charge is 0.368 e. The highest BCUT2D eigenvalue weighted by Crippen LogP contribution is 2.12. The Labute approximate surface area is 96.6 Å². The maximum Gasteiger partial charge on any atom is 0.244 e. The summed E-state index contributed by atoms with van der Waals surface area (Å²) in [6.07, 6.45) is -0.357. The van der Waals surface area contributed by atoms with E-state index in [-0.39, 0.29) is 12.0 Å². The van der Waals surface area contributed by atoms with E-state index < -0.39 is 28.9 Å². The van der Waals surface area contributed by atoms with Crippen LogP contribution in [0.2, 0.25) is 0 Å². The molecule has 0 fully saturated rings. The van der Waals surface area contributed by atoms with Gasteiger partial charge in [-0.2, -0.15) is 0 Å². The van der Waals surface area contributed by atoms with Crippen molar-refractivity contribution >= 4 is 11.7 Å². The van der Waals surface area contributed by atoms with Crippen LogP contribution < -0.4 is 11.5 Å². The van der Waals surface area contributed by atoms with E-state index in [1.807, 2.05) is 0 Å². The van der Waals surface area contributed by atoms with Crippen LogP contribution in [0, 0.1) is 11.6 Å². The topological polar surface area (TPSA) is 86.2 Å². The molecule has 0 aromatic heterocycles. The van der Waals surface area contributed by atoms with Gasteiger partial charge in [-0.05, 0) is 24.6 Å². The first kappa shape index (κ1) is 13.2. The molecule has 4 nitrogen and oxygen atoms in total. The number of benzene rings is 1. The molecule has 1 amide bonds. The number of hydrogen-bond acceptors (Lipinski definition) is 3. The summed E-state index contributed by atoms with van der Waals surface area (Å²) in [6, 6.07) is 2.68. The summed E-state index contributed by atoms with van der Waals surface area (Å²) in [5, 5.41) is 0. The summed E-state index contributed by atoms with van der Waals surface area (Å²) < 4.78 is 25.7. The molecule has 6 heteroatoms. The first-order chi connectivity index (χ1) is 7.73. The highest BCUT2D eigenvalue weighted by atomic mass is 19.1. The number of Topliss-reactive ketones (excluding diaryl/α,β-unsaturated/α-hetero) is 1. The lowest BCUT2D eigenvalue weighted by atomic mass is 9.92. The zero-order valence-electron chi connectivity index (χ0n) is 9.17. The molecule has 0 aliphatic rings. The van der Waals surface area contributed by atoms with Crippen LogP contribution >= 0.6 is 0 Å². The molecule has 1 aromatic rings. The molecule has 17 heavy (non-hydrogen) atoms. The maximum absolute atomic E-state index is 12.9. The Bertz CT molecular complexity index is 452. The molecule has 0 aliphatic heterocycles. The second kappa shape index (κ2) is 4.58. The van der Waals surface area contributed by atoms with Gasteiger partial charge in [0.1, 0.15) is 11.6 Å². The summed E-state index contributed by atoms with van der Waals surface area (Å²) >= 11 is 0. The van der Waals surface area contributed by atoms with Crippen LogP contribution in [-0.4, -0.2) is 17.2 Å². The van der Waals surface area contributed by atoms with Crippen LogP contribution in [0.25, 0.3) is 0 Å². The third-order valence-electron chi connectivity index (χ3n) is 2.38. The number of rotatable bonds is 4. The second-order valence-electron chi connectivity index (χ2n) is 3.94. The van der Waals surface area contributed by atoms with Crippen molar-refractivity contribution in [2.75, 3.05) is 0 Å². The van der Waals surface area contributed by atoms with Crippen molar-refractivity contribution in [3.8, 4) is 0 Å². The van der Waals surface area contributed by atoms with Crippen molar-refractivity contribution in [3.05, 3.63) is 35.4 Å². The minimum atomic E-state index is -1.84. The Morgan fingerprint density at radius 3 is 2.12 bits per heavy atom. The lowest BCUT2D eigenvalue weighted by Crippen LogP contribution is -2.56. The number of carbonyl (C=O) groups is 2. The first-order valence-corrected chi connectivity index (χ1v) is 4.80. The third-order valence-corrected chi connectivity index (χ3v) is 2.38. The Morgan fingerprint density at radius 2 is 1.71 bits per heavy atom. The van der Waals surface area contributed by atoms with Crippen molar-refractivity contribution in [1.82, 2.24) is 0 Å². The van der Waals surface area contributed by atoms with E-state index in [2.05, 4.69) is 0 Å². The molecule has 0 radical (unpaired) electrons. The lowest BCUT2D eigenvalue weighted by Gasteiger charge is -2.18. The number of hydrogen-bond donors (Lipinski definition) is 2. The van der Waals surface area contributed by atoms with Crippen LogP contribution in [0.4, 0.5) is 8.78 Å². The normalized spacial score (nSPS) is 14.1. The molecule has 1 aromatic carbocycles. The molecule has 0 spiro atoms. The van der Waals surface area contributed by atoms with Gasteiger partial charge in [0.25, 0.3) is 0 Å². The average molecular weight is 242 g/mol. The third kappa shape index (κ3) is 3.07. The summed E-state index contributed by atoms with van der Waals surface area (Å²) in [7, 11) is 0. The van der Waals surface area contributed by atoms with Crippen LogP contribution in [0.15, 0.2) is 18.2 Å². The van der Waals surface area contributed by atoms with E-state index in [9.17, 15) is 18.4 Å². The minimum absolute atomic E-state index is 0.102. The minimum Gasteiger partial charge on any atom is -0.368 e.